The summed E-state index contributed by atoms with van der Waals surface area (Å²) in [5.74, 6) is 2.86. The third-order valence-electron chi connectivity index (χ3n) is 7.52. The molecule has 0 amide bonds. The van der Waals surface area contributed by atoms with Gasteiger partial charge in [0.25, 0.3) is 0 Å². The van der Waals surface area contributed by atoms with E-state index < -0.39 is 0 Å². The van der Waals surface area contributed by atoms with E-state index in [2.05, 4.69) is 82.2 Å². The molecule has 3 aliphatic heterocycles. The Morgan fingerprint density at radius 2 is 0.879 bits per heavy atom. The van der Waals surface area contributed by atoms with Crippen LogP contribution in [0.15, 0.2) is 0 Å². The molecule has 0 N–H and O–H groups in total. The van der Waals surface area contributed by atoms with Gasteiger partial charge in [0.1, 0.15) is 0 Å². The molecule has 0 unspecified atom stereocenters. The van der Waals surface area contributed by atoms with E-state index in [4.69, 9.17) is 0 Å². The van der Waals surface area contributed by atoms with Gasteiger partial charge in [-0.3, -0.25) is 4.90 Å². The fourth-order valence-electron chi connectivity index (χ4n) is 4.58. The standard InChI is InChI=1S/2C9H19N.C8H18N2.3CH4/c1-8(2)9-4-6-10(3)7-5-9;2*1-8(2)10-6-4-9(3)5-7-10;;;/h2*8-9H,4-7H2,1-3H3;8H,4-7H2,1-3H3;3*1H4. The summed E-state index contributed by atoms with van der Waals surface area (Å²) in [6.45, 7) is 26.4. The van der Waals surface area contributed by atoms with Crippen LogP contribution in [0.2, 0.25) is 0 Å². The average Bonchev–Trinajstić information content (AvgIpc) is 2.70. The molecule has 3 saturated heterocycles. The fourth-order valence-corrected chi connectivity index (χ4v) is 4.58. The van der Waals surface area contributed by atoms with Crippen molar-refractivity contribution in [1.82, 2.24) is 19.6 Å². The van der Waals surface area contributed by atoms with E-state index in [9.17, 15) is 0 Å². The predicted molar refractivity (Wildman–Crippen MR) is 155 cm³/mol. The molecule has 0 aromatic carbocycles. The molecule has 3 heterocycles. The van der Waals surface area contributed by atoms with Crippen molar-refractivity contribution in [3.05, 3.63) is 0 Å². The smallest absolute Gasteiger partial charge is 0.0112 e. The molecule has 0 saturated carbocycles. The zero-order chi connectivity index (χ0) is 22.7. The summed E-state index contributed by atoms with van der Waals surface area (Å²) >= 11 is 0. The van der Waals surface area contributed by atoms with Crippen molar-refractivity contribution >= 4 is 0 Å². The van der Waals surface area contributed by atoms with E-state index in [0.717, 1.165) is 29.8 Å². The van der Waals surface area contributed by atoms with Crippen LogP contribution in [0.4, 0.5) is 0 Å². The minimum absolute atomic E-state index is 0. The highest BCUT2D eigenvalue weighted by atomic mass is 15.3. The van der Waals surface area contributed by atoms with Crippen molar-refractivity contribution in [1.29, 1.82) is 0 Å². The highest BCUT2D eigenvalue weighted by Gasteiger charge is 2.19. The van der Waals surface area contributed by atoms with Gasteiger partial charge in [-0.25, -0.2) is 0 Å². The lowest BCUT2D eigenvalue weighted by molar-refractivity contribution is 0.126. The molecule has 4 nitrogen and oxygen atoms in total. The van der Waals surface area contributed by atoms with Crippen LogP contribution in [0.25, 0.3) is 0 Å². The van der Waals surface area contributed by atoms with E-state index in [-0.39, 0.29) is 22.3 Å². The number of hydrogen-bond acceptors (Lipinski definition) is 4. The van der Waals surface area contributed by atoms with Crippen molar-refractivity contribution < 1.29 is 0 Å². The molecule has 0 spiro atoms. The molecule has 33 heavy (non-hydrogen) atoms. The molecule has 0 aromatic heterocycles. The van der Waals surface area contributed by atoms with Gasteiger partial charge in [-0.05, 0) is 111 Å². The maximum absolute atomic E-state index is 2.57. The van der Waals surface area contributed by atoms with Crippen LogP contribution in [0.1, 0.15) is 96.4 Å². The Kier molecular flexibility index (Phi) is 22.7. The summed E-state index contributed by atoms with van der Waals surface area (Å²) in [5, 5.41) is 0. The van der Waals surface area contributed by atoms with Crippen LogP contribution < -0.4 is 0 Å². The molecular formula is C29H68N4. The van der Waals surface area contributed by atoms with Gasteiger partial charge in [-0.15, -0.1) is 0 Å². The predicted octanol–water partition coefficient (Wildman–Crippen LogP) is 6.66. The van der Waals surface area contributed by atoms with Gasteiger partial charge in [-0.1, -0.05) is 43.1 Å². The number of likely N-dealkylation sites (tertiary alicyclic amines) is 2. The second-order valence-electron chi connectivity index (χ2n) is 11.1. The first-order valence-electron chi connectivity index (χ1n) is 12.9. The van der Waals surface area contributed by atoms with E-state index >= 15 is 0 Å². The minimum Gasteiger partial charge on any atom is -0.306 e. The van der Waals surface area contributed by atoms with Gasteiger partial charge in [0.2, 0.25) is 0 Å². The summed E-state index contributed by atoms with van der Waals surface area (Å²) in [6.07, 6.45) is 5.62. The molecular weight excluding hydrogens is 404 g/mol. The van der Waals surface area contributed by atoms with Crippen LogP contribution >= 0.6 is 0 Å². The SMILES string of the molecule is C.C.C.CC(C)C1CCN(C)CC1.CC(C)N1CCN(C)CC1.CC1CCN(C(C)C)CC1. The summed E-state index contributed by atoms with van der Waals surface area (Å²) < 4.78 is 0. The molecule has 4 heteroatoms. The zero-order valence-corrected chi connectivity index (χ0v) is 22.2. The Morgan fingerprint density at radius 3 is 1.24 bits per heavy atom. The van der Waals surface area contributed by atoms with Gasteiger partial charge >= 0.3 is 0 Å². The number of rotatable bonds is 3. The molecule has 0 radical (unpaired) electrons. The quantitative estimate of drug-likeness (QED) is 0.455. The Morgan fingerprint density at radius 1 is 0.515 bits per heavy atom. The Bertz CT molecular complexity index is 338. The molecule has 3 aliphatic rings. The first kappa shape index (κ1) is 37.4. The second-order valence-corrected chi connectivity index (χ2v) is 11.1. The average molecular weight is 473 g/mol. The van der Waals surface area contributed by atoms with E-state index in [0.29, 0.717) is 0 Å². The summed E-state index contributed by atoms with van der Waals surface area (Å²) in [5.41, 5.74) is 0. The number of likely N-dealkylation sites (N-methyl/N-ethyl adjacent to an activating group) is 1. The fraction of sp³-hybridized carbons (Fsp3) is 1.00. The van der Waals surface area contributed by atoms with Crippen molar-refractivity contribution in [2.45, 2.75) is 109 Å². The highest BCUT2D eigenvalue weighted by Crippen LogP contribution is 2.23. The lowest BCUT2D eigenvalue weighted by Crippen LogP contribution is -2.47. The topological polar surface area (TPSA) is 13.0 Å². The van der Waals surface area contributed by atoms with Crippen LogP contribution in [0.5, 0.6) is 0 Å². The molecule has 3 rings (SSSR count). The molecule has 204 valence electrons. The monoisotopic (exact) mass is 473 g/mol. The zero-order valence-electron chi connectivity index (χ0n) is 22.2. The van der Waals surface area contributed by atoms with E-state index in [1.807, 2.05) is 0 Å². The van der Waals surface area contributed by atoms with Crippen LogP contribution in [0, 0.1) is 17.8 Å². The van der Waals surface area contributed by atoms with Gasteiger partial charge in [-0.2, -0.15) is 0 Å². The summed E-state index contributed by atoms with van der Waals surface area (Å²) in [4.78, 5) is 9.91. The van der Waals surface area contributed by atoms with Crippen molar-refractivity contribution in [2.75, 3.05) is 66.5 Å². The first-order chi connectivity index (χ1) is 14.1. The summed E-state index contributed by atoms with van der Waals surface area (Å²) in [6, 6.07) is 1.49. The number of hydrogen-bond donors (Lipinski definition) is 0. The lowest BCUT2D eigenvalue weighted by Gasteiger charge is -2.34. The molecule has 0 aromatic rings. The normalized spacial score (nSPS) is 21.8. The third kappa shape index (κ3) is 16.2. The Hall–Kier alpha value is -0.160. The van der Waals surface area contributed by atoms with Crippen molar-refractivity contribution in [3.8, 4) is 0 Å². The van der Waals surface area contributed by atoms with Crippen molar-refractivity contribution in [3.63, 3.8) is 0 Å². The van der Waals surface area contributed by atoms with Crippen LogP contribution in [0.3, 0.4) is 0 Å². The Balaban J connectivity index is -0.000000391. The largest absolute Gasteiger partial charge is 0.306 e. The second kappa shape index (κ2) is 20.1. The first-order valence-corrected chi connectivity index (χ1v) is 12.9. The van der Waals surface area contributed by atoms with Gasteiger partial charge in [0, 0.05) is 38.3 Å². The lowest BCUT2D eigenvalue weighted by atomic mass is 9.87. The highest BCUT2D eigenvalue weighted by molar-refractivity contribution is 4.73. The number of nitrogens with zero attached hydrogens (tertiary/aromatic N) is 4. The molecule has 0 bridgehead atoms. The summed E-state index contributed by atoms with van der Waals surface area (Å²) in [7, 11) is 4.41. The third-order valence-corrected chi connectivity index (χ3v) is 7.52. The number of piperazine rings is 1. The number of piperidine rings is 2. The maximum Gasteiger partial charge on any atom is 0.0112 e. The maximum atomic E-state index is 2.57. The van der Waals surface area contributed by atoms with Crippen molar-refractivity contribution in [2.24, 2.45) is 17.8 Å². The van der Waals surface area contributed by atoms with E-state index in [1.165, 1.54) is 78.0 Å². The van der Waals surface area contributed by atoms with Gasteiger partial charge in [0.15, 0.2) is 0 Å². The van der Waals surface area contributed by atoms with Gasteiger partial charge in [0.05, 0.1) is 0 Å². The van der Waals surface area contributed by atoms with Gasteiger partial charge < -0.3 is 14.7 Å². The van der Waals surface area contributed by atoms with Crippen LogP contribution in [-0.2, 0) is 0 Å². The molecule has 3 fully saturated rings. The Labute approximate surface area is 212 Å². The van der Waals surface area contributed by atoms with Crippen LogP contribution in [-0.4, -0.2) is 98.1 Å². The molecule has 0 aliphatic carbocycles. The minimum atomic E-state index is 0. The van der Waals surface area contributed by atoms with E-state index in [1.54, 1.807) is 0 Å². The molecule has 0 atom stereocenters.